The van der Waals surface area contributed by atoms with E-state index in [0.717, 1.165) is 13.1 Å². The van der Waals surface area contributed by atoms with E-state index in [2.05, 4.69) is 0 Å². The molecule has 0 amide bonds. The van der Waals surface area contributed by atoms with Crippen LogP contribution in [0.2, 0.25) is 0 Å². The SMILES string of the molecule is CCN(CC)C(C)CC(C(=O)O)C(=O)O.[NaH].[NaH]. The molecule has 92 valence electrons. The third-order valence-electron chi connectivity index (χ3n) is 2.61. The first kappa shape index (κ1) is 23.0. The second kappa shape index (κ2) is 12.0. The molecule has 0 aromatic rings. The molecule has 5 nitrogen and oxygen atoms in total. The Morgan fingerprint density at radius 1 is 1.06 bits per heavy atom. The Morgan fingerprint density at radius 2 is 1.41 bits per heavy atom. The van der Waals surface area contributed by atoms with Gasteiger partial charge in [0.25, 0.3) is 0 Å². The van der Waals surface area contributed by atoms with E-state index in [1.165, 1.54) is 0 Å². The molecule has 0 aromatic heterocycles. The van der Waals surface area contributed by atoms with E-state index >= 15 is 0 Å². The average Bonchev–Trinajstić information content (AvgIpc) is 2.15. The number of hydrogen-bond donors (Lipinski definition) is 2. The predicted octanol–water partition coefficient (Wildman–Crippen LogP) is -0.405. The summed E-state index contributed by atoms with van der Waals surface area (Å²) < 4.78 is 0. The number of hydrogen-bond acceptors (Lipinski definition) is 3. The first-order chi connectivity index (χ1) is 6.93. The van der Waals surface area contributed by atoms with Gasteiger partial charge in [-0.25, -0.2) is 0 Å². The van der Waals surface area contributed by atoms with E-state index in [1.807, 2.05) is 25.7 Å². The van der Waals surface area contributed by atoms with E-state index in [-0.39, 0.29) is 71.6 Å². The molecular formula is C10H21NNa2O4. The molecule has 7 heteroatoms. The number of rotatable bonds is 7. The number of carboxylic acids is 2. The number of nitrogens with zero attached hydrogens (tertiary/aromatic N) is 1. The summed E-state index contributed by atoms with van der Waals surface area (Å²) in [6.07, 6.45) is 0.145. The summed E-state index contributed by atoms with van der Waals surface area (Å²) in [7, 11) is 0. The van der Waals surface area contributed by atoms with E-state index in [4.69, 9.17) is 10.2 Å². The molecule has 0 aliphatic rings. The van der Waals surface area contributed by atoms with Crippen LogP contribution in [-0.4, -0.2) is 105 Å². The Balaban J connectivity index is -0.000000980. The van der Waals surface area contributed by atoms with Crippen LogP contribution in [-0.2, 0) is 9.59 Å². The van der Waals surface area contributed by atoms with E-state index in [1.54, 1.807) is 0 Å². The third kappa shape index (κ3) is 8.59. The first-order valence-corrected chi connectivity index (χ1v) is 5.13. The molecule has 0 fully saturated rings. The van der Waals surface area contributed by atoms with Gasteiger partial charge in [0, 0.05) is 6.04 Å². The minimum atomic E-state index is -1.31. The molecule has 0 aliphatic carbocycles. The van der Waals surface area contributed by atoms with Gasteiger partial charge in [-0.1, -0.05) is 13.8 Å². The van der Waals surface area contributed by atoms with Crippen molar-refractivity contribution in [1.29, 1.82) is 0 Å². The third-order valence-corrected chi connectivity index (χ3v) is 2.61. The number of carbonyl (C=O) groups is 2. The fourth-order valence-electron chi connectivity index (χ4n) is 1.64. The predicted molar refractivity (Wildman–Crippen MR) is 70.1 cm³/mol. The van der Waals surface area contributed by atoms with Crippen LogP contribution in [0.25, 0.3) is 0 Å². The zero-order valence-electron chi connectivity index (χ0n) is 9.43. The van der Waals surface area contributed by atoms with Crippen LogP contribution >= 0.6 is 0 Å². The molecule has 0 heterocycles. The van der Waals surface area contributed by atoms with Gasteiger partial charge in [-0.3, -0.25) is 9.59 Å². The summed E-state index contributed by atoms with van der Waals surface area (Å²) in [5.74, 6) is -3.83. The van der Waals surface area contributed by atoms with Gasteiger partial charge in [0.15, 0.2) is 5.92 Å². The van der Waals surface area contributed by atoms with Crippen molar-refractivity contribution in [3.63, 3.8) is 0 Å². The summed E-state index contributed by atoms with van der Waals surface area (Å²) in [4.78, 5) is 23.4. The molecule has 0 aliphatic heterocycles. The quantitative estimate of drug-likeness (QED) is 0.483. The Morgan fingerprint density at radius 3 is 1.65 bits per heavy atom. The Labute approximate surface area is 147 Å². The Kier molecular flexibility index (Phi) is 16.2. The molecule has 17 heavy (non-hydrogen) atoms. The molecule has 0 radical (unpaired) electrons. The number of aliphatic carboxylic acids is 2. The molecule has 0 rings (SSSR count). The van der Waals surface area contributed by atoms with Crippen molar-refractivity contribution in [2.75, 3.05) is 13.1 Å². The van der Waals surface area contributed by atoms with Crippen LogP contribution in [0.15, 0.2) is 0 Å². The van der Waals surface area contributed by atoms with Gasteiger partial charge in [-0.15, -0.1) is 0 Å². The van der Waals surface area contributed by atoms with Crippen molar-refractivity contribution in [3.8, 4) is 0 Å². The van der Waals surface area contributed by atoms with Crippen molar-refractivity contribution in [1.82, 2.24) is 4.90 Å². The minimum absolute atomic E-state index is 0. The van der Waals surface area contributed by atoms with Gasteiger partial charge < -0.3 is 15.1 Å². The molecule has 0 saturated carbocycles. The maximum absolute atomic E-state index is 10.7. The van der Waals surface area contributed by atoms with Crippen LogP contribution in [0.3, 0.4) is 0 Å². The monoisotopic (exact) mass is 265 g/mol. The first-order valence-electron chi connectivity index (χ1n) is 5.13. The Bertz CT molecular complexity index is 220. The van der Waals surface area contributed by atoms with Gasteiger partial charge >= 0.3 is 71.1 Å². The molecular weight excluding hydrogens is 244 g/mol. The van der Waals surface area contributed by atoms with Crippen LogP contribution < -0.4 is 0 Å². The summed E-state index contributed by atoms with van der Waals surface area (Å²) >= 11 is 0. The molecule has 0 bridgehead atoms. The van der Waals surface area contributed by atoms with Crippen molar-refractivity contribution >= 4 is 71.1 Å². The van der Waals surface area contributed by atoms with Crippen molar-refractivity contribution in [3.05, 3.63) is 0 Å². The van der Waals surface area contributed by atoms with Gasteiger partial charge in [0.05, 0.1) is 0 Å². The number of carboxylic acid groups (broad SMARTS) is 2. The van der Waals surface area contributed by atoms with Gasteiger partial charge in [-0.2, -0.15) is 0 Å². The second-order valence-electron chi connectivity index (χ2n) is 3.53. The van der Waals surface area contributed by atoms with Gasteiger partial charge in [0.1, 0.15) is 0 Å². The fourth-order valence-corrected chi connectivity index (χ4v) is 1.64. The van der Waals surface area contributed by atoms with Crippen LogP contribution in [0, 0.1) is 5.92 Å². The van der Waals surface area contributed by atoms with Crippen molar-refractivity contribution < 1.29 is 19.8 Å². The maximum atomic E-state index is 10.7. The van der Waals surface area contributed by atoms with Crippen LogP contribution in [0.1, 0.15) is 27.2 Å². The molecule has 0 aromatic carbocycles. The van der Waals surface area contributed by atoms with E-state index < -0.39 is 17.9 Å². The summed E-state index contributed by atoms with van der Waals surface area (Å²) in [5, 5.41) is 17.4. The van der Waals surface area contributed by atoms with E-state index in [9.17, 15) is 9.59 Å². The van der Waals surface area contributed by atoms with Gasteiger partial charge in [0.2, 0.25) is 0 Å². The zero-order valence-corrected chi connectivity index (χ0v) is 9.43. The zero-order chi connectivity index (χ0) is 12.0. The molecule has 2 N–H and O–H groups in total. The fraction of sp³-hybridized carbons (Fsp3) is 0.800. The topological polar surface area (TPSA) is 77.8 Å². The van der Waals surface area contributed by atoms with Crippen LogP contribution in [0.5, 0.6) is 0 Å². The van der Waals surface area contributed by atoms with Crippen molar-refractivity contribution in [2.45, 2.75) is 33.2 Å². The summed E-state index contributed by atoms with van der Waals surface area (Å²) in [6.45, 7) is 7.38. The molecule has 1 unspecified atom stereocenters. The normalized spacial score (nSPS) is 11.6. The molecule has 0 spiro atoms. The van der Waals surface area contributed by atoms with E-state index in [0.29, 0.717) is 0 Å². The van der Waals surface area contributed by atoms with Gasteiger partial charge in [-0.05, 0) is 26.4 Å². The Hall–Kier alpha value is 0.900. The molecule has 1 atom stereocenters. The summed E-state index contributed by atoms with van der Waals surface area (Å²) in [5.41, 5.74) is 0. The molecule has 0 saturated heterocycles. The van der Waals surface area contributed by atoms with Crippen LogP contribution in [0.4, 0.5) is 0 Å². The van der Waals surface area contributed by atoms with Crippen molar-refractivity contribution in [2.24, 2.45) is 5.92 Å². The average molecular weight is 265 g/mol. The standard InChI is InChI=1S/C10H19NO4.2Na.2H/c1-4-11(5-2)7(3)6-8(9(12)13)10(14)15;;;;/h7-8H,4-6H2,1-3H3,(H,12,13)(H,14,15);;;;. The summed E-state index contributed by atoms with van der Waals surface area (Å²) in [6, 6.07) is -0.0304. The second-order valence-corrected chi connectivity index (χ2v) is 3.53.